The number of furan rings is 1. The Morgan fingerprint density at radius 3 is 2.73 bits per heavy atom. The molecular weight excluding hydrogens is 374 g/mol. The van der Waals surface area contributed by atoms with E-state index in [1.165, 1.54) is 11.8 Å². The third-order valence-corrected chi connectivity index (χ3v) is 5.52. The molecule has 0 amide bonds. The van der Waals surface area contributed by atoms with Crippen LogP contribution in [0.4, 0.5) is 0 Å². The van der Waals surface area contributed by atoms with E-state index >= 15 is 0 Å². The monoisotopic (exact) mass is 389 g/mol. The van der Waals surface area contributed by atoms with Crippen LogP contribution in [-0.2, 0) is 16.1 Å². The van der Waals surface area contributed by atoms with Crippen LogP contribution >= 0.6 is 23.4 Å². The molecule has 1 fully saturated rings. The molecule has 0 saturated carbocycles. The van der Waals surface area contributed by atoms with Crippen molar-refractivity contribution in [1.29, 1.82) is 0 Å². The third kappa shape index (κ3) is 3.50. The van der Waals surface area contributed by atoms with Gasteiger partial charge in [0.05, 0.1) is 12.8 Å². The highest BCUT2D eigenvalue weighted by Crippen LogP contribution is 2.33. The summed E-state index contributed by atoms with van der Waals surface area (Å²) in [4.78, 5) is 12.0. The highest BCUT2D eigenvalue weighted by Gasteiger charge is 2.34. The SMILES string of the molecule is C[C@@H]1C[C@@H](Sc2nnc(-c3ccc(Cl)cc3)n2Cc2ccco2)C(=O)O1. The van der Waals surface area contributed by atoms with Gasteiger partial charge in [0.15, 0.2) is 11.0 Å². The number of halogens is 1. The first-order chi connectivity index (χ1) is 12.6. The largest absolute Gasteiger partial charge is 0.467 e. The van der Waals surface area contributed by atoms with Gasteiger partial charge in [-0.05, 0) is 43.3 Å². The van der Waals surface area contributed by atoms with E-state index in [1.54, 1.807) is 6.26 Å². The van der Waals surface area contributed by atoms with Crippen molar-refractivity contribution in [3.63, 3.8) is 0 Å². The molecule has 134 valence electrons. The molecule has 3 heterocycles. The zero-order chi connectivity index (χ0) is 18.1. The van der Waals surface area contributed by atoms with E-state index < -0.39 is 0 Å². The quantitative estimate of drug-likeness (QED) is 0.613. The summed E-state index contributed by atoms with van der Waals surface area (Å²) in [6.07, 6.45) is 2.22. The van der Waals surface area contributed by atoms with Gasteiger partial charge in [-0.1, -0.05) is 23.4 Å². The molecule has 3 aromatic rings. The topological polar surface area (TPSA) is 70.2 Å². The van der Waals surface area contributed by atoms with Gasteiger partial charge in [0, 0.05) is 17.0 Å². The fourth-order valence-electron chi connectivity index (χ4n) is 2.83. The number of carbonyl (C=O) groups excluding carboxylic acids is 1. The van der Waals surface area contributed by atoms with Crippen LogP contribution in [0.2, 0.25) is 5.02 Å². The minimum atomic E-state index is -0.275. The molecule has 0 bridgehead atoms. The Balaban J connectivity index is 1.69. The number of nitrogens with zero attached hydrogens (tertiary/aromatic N) is 3. The minimum absolute atomic E-state index is 0.0721. The van der Waals surface area contributed by atoms with Crippen LogP contribution in [0, 0.1) is 0 Å². The molecule has 1 aliphatic heterocycles. The van der Waals surface area contributed by atoms with Gasteiger partial charge in [-0.25, -0.2) is 0 Å². The van der Waals surface area contributed by atoms with Crippen molar-refractivity contribution in [3.8, 4) is 11.4 Å². The van der Waals surface area contributed by atoms with E-state index in [1.807, 2.05) is 47.9 Å². The lowest BCUT2D eigenvalue weighted by molar-refractivity contribution is -0.140. The number of carbonyl (C=O) groups is 1. The molecule has 2 atom stereocenters. The Hall–Kier alpha value is -2.25. The molecule has 4 rings (SSSR count). The number of aromatic nitrogens is 3. The average Bonchev–Trinajstić information content (AvgIpc) is 3.32. The molecule has 0 unspecified atom stereocenters. The zero-order valence-corrected chi connectivity index (χ0v) is 15.5. The Morgan fingerprint density at radius 2 is 2.08 bits per heavy atom. The van der Waals surface area contributed by atoms with Gasteiger partial charge in [-0.2, -0.15) is 0 Å². The average molecular weight is 390 g/mol. The number of hydrogen-bond donors (Lipinski definition) is 0. The van der Waals surface area contributed by atoms with Gasteiger partial charge < -0.3 is 9.15 Å². The molecule has 0 radical (unpaired) electrons. The Labute approximate surface area is 159 Å². The number of thioether (sulfide) groups is 1. The first-order valence-corrected chi connectivity index (χ1v) is 9.44. The van der Waals surface area contributed by atoms with Crippen LogP contribution in [0.5, 0.6) is 0 Å². The van der Waals surface area contributed by atoms with E-state index in [0.29, 0.717) is 29.0 Å². The predicted molar refractivity (Wildman–Crippen MR) is 98.1 cm³/mol. The van der Waals surface area contributed by atoms with Crippen LogP contribution in [-0.4, -0.2) is 32.1 Å². The molecule has 8 heteroatoms. The summed E-state index contributed by atoms with van der Waals surface area (Å²) in [5.74, 6) is 1.27. The fourth-order valence-corrected chi connectivity index (χ4v) is 4.10. The highest BCUT2D eigenvalue weighted by atomic mass is 35.5. The van der Waals surface area contributed by atoms with Gasteiger partial charge in [-0.3, -0.25) is 9.36 Å². The second kappa shape index (κ2) is 7.17. The summed E-state index contributed by atoms with van der Waals surface area (Å²) in [6, 6.07) is 11.1. The first kappa shape index (κ1) is 17.2. The smallest absolute Gasteiger partial charge is 0.319 e. The Bertz CT molecular complexity index is 908. The lowest BCUT2D eigenvalue weighted by Crippen LogP contribution is -2.12. The normalized spacial score (nSPS) is 19.7. The van der Waals surface area contributed by atoms with Crippen molar-refractivity contribution in [3.05, 3.63) is 53.4 Å². The number of benzene rings is 1. The molecule has 0 N–H and O–H groups in total. The molecule has 1 aromatic carbocycles. The van der Waals surface area contributed by atoms with Crippen LogP contribution in [0.15, 0.2) is 52.2 Å². The summed E-state index contributed by atoms with van der Waals surface area (Å²) in [6.45, 7) is 2.36. The standard InChI is InChI=1S/C18H16ClN3O3S/c1-11-9-15(17(23)25-11)26-18-21-20-16(12-4-6-13(19)7-5-12)22(18)10-14-3-2-8-24-14/h2-8,11,15H,9-10H2,1H3/t11-,15-/m1/s1. The maximum atomic E-state index is 12.0. The van der Waals surface area contributed by atoms with E-state index in [0.717, 1.165) is 11.3 Å². The van der Waals surface area contributed by atoms with Crippen molar-refractivity contribution < 1.29 is 13.9 Å². The summed E-state index contributed by atoms with van der Waals surface area (Å²) in [7, 11) is 0. The second-order valence-corrected chi connectivity index (χ2v) is 7.67. The summed E-state index contributed by atoms with van der Waals surface area (Å²) < 4.78 is 12.7. The third-order valence-electron chi connectivity index (χ3n) is 4.09. The van der Waals surface area contributed by atoms with Gasteiger partial charge in [0.2, 0.25) is 0 Å². The van der Waals surface area contributed by atoms with Crippen molar-refractivity contribution in [2.75, 3.05) is 0 Å². The Morgan fingerprint density at radius 1 is 1.27 bits per heavy atom. The maximum Gasteiger partial charge on any atom is 0.319 e. The van der Waals surface area contributed by atoms with Crippen LogP contribution < -0.4 is 0 Å². The van der Waals surface area contributed by atoms with Gasteiger partial charge in [0.1, 0.15) is 17.1 Å². The number of hydrogen-bond acceptors (Lipinski definition) is 6. The van der Waals surface area contributed by atoms with Gasteiger partial charge in [-0.15, -0.1) is 10.2 Å². The summed E-state index contributed by atoms with van der Waals surface area (Å²) in [5.41, 5.74) is 0.891. The predicted octanol–water partition coefficient (Wildman–Crippen LogP) is 4.04. The van der Waals surface area contributed by atoms with Gasteiger partial charge in [0.25, 0.3) is 0 Å². The van der Waals surface area contributed by atoms with Crippen molar-refractivity contribution in [2.24, 2.45) is 0 Å². The Kier molecular flexibility index (Phi) is 4.74. The molecule has 6 nitrogen and oxygen atoms in total. The summed E-state index contributed by atoms with van der Waals surface area (Å²) in [5, 5.41) is 9.69. The molecular formula is C18H16ClN3O3S. The van der Waals surface area contributed by atoms with Crippen LogP contribution in [0.25, 0.3) is 11.4 Å². The van der Waals surface area contributed by atoms with E-state index in [2.05, 4.69) is 10.2 Å². The number of rotatable bonds is 5. The molecule has 0 spiro atoms. The number of cyclic esters (lactones) is 1. The molecule has 1 aliphatic rings. The molecule has 0 aliphatic carbocycles. The van der Waals surface area contributed by atoms with E-state index in [-0.39, 0.29) is 17.3 Å². The highest BCUT2D eigenvalue weighted by molar-refractivity contribution is 8.00. The van der Waals surface area contributed by atoms with Crippen LogP contribution in [0.3, 0.4) is 0 Å². The van der Waals surface area contributed by atoms with E-state index in [9.17, 15) is 4.79 Å². The van der Waals surface area contributed by atoms with Crippen molar-refractivity contribution >= 4 is 29.3 Å². The molecule has 26 heavy (non-hydrogen) atoms. The van der Waals surface area contributed by atoms with Gasteiger partial charge >= 0.3 is 5.97 Å². The first-order valence-electron chi connectivity index (χ1n) is 8.19. The second-order valence-electron chi connectivity index (χ2n) is 6.07. The van der Waals surface area contributed by atoms with Crippen LogP contribution in [0.1, 0.15) is 19.1 Å². The number of ether oxygens (including phenoxy) is 1. The number of esters is 1. The van der Waals surface area contributed by atoms with Crippen molar-refractivity contribution in [1.82, 2.24) is 14.8 Å². The fraction of sp³-hybridized carbons (Fsp3) is 0.278. The zero-order valence-electron chi connectivity index (χ0n) is 14.0. The van der Waals surface area contributed by atoms with Crippen molar-refractivity contribution in [2.45, 2.75) is 36.4 Å². The minimum Gasteiger partial charge on any atom is -0.467 e. The lowest BCUT2D eigenvalue weighted by atomic mass is 10.2. The maximum absolute atomic E-state index is 12.0. The van der Waals surface area contributed by atoms with E-state index in [4.69, 9.17) is 20.8 Å². The summed E-state index contributed by atoms with van der Waals surface area (Å²) >= 11 is 7.37. The molecule has 1 saturated heterocycles. The lowest BCUT2D eigenvalue weighted by Gasteiger charge is -2.10. The molecule has 2 aromatic heterocycles.